The number of hydrogen-bond donors (Lipinski definition) is 2. The third-order valence-electron chi connectivity index (χ3n) is 5.58. The predicted molar refractivity (Wildman–Crippen MR) is 140 cm³/mol. The zero-order valence-electron chi connectivity index (χ0n) is 19.8. The van der Waals surface area contributed by atoms with Gasteiger partial charge >= 0.3 is 0 Å². The number of thiazole rings is 1. The Morgan fingerprint density at radius 3 is 2.80 bits per heavy atom. The van der Waals surface area contributed by atoms with Crippen molar-refractivity contribution in [3.63, 3.8) is 0 Å². The summed E-state index contributed by atoms with van der Waals surface area (Å²) < 4.78 is 6.86. The molecule has 1 aliphatic rings. The molecule has 0 aliphatic carbocycles. The molecule has 1 aromatic carbocycles. The number of carbonyl (C=O) groups is 2. The minimum Gasteiger partial charge on any atom is -0.445 e. The Hall–Kier alpha value is -3.11. The fourth-order valence-electron chi connectivity index (χ4n) is 3.71. The zero-order valence-corrected chi connectivity index (χ0v) is 21.5. The molecule has 0 saturated carbocycles. The quantitative estimate of drug-likeness (QED) is 0.293. The van der Waals surface area contributed by atoms with E-state index in [1.54, 1.807) is 53.6 Å². The van der Waals surface area contributed by atoms with E-state index in [9.17, 15) is 9.59 Å². The van der Waals surface area contributed by atoms with E-state index in [0.29, 0.717) is 29.5 Å². The van der Waals surface area contributed by atoms with Crippen molar-refractivity contribution in [1.82, 2.24) is 14.9 Å². The Bertz CT molecular complexity index is 1170. The summed E-state index contributed by atoms with van der Waals surface area (Å²) in [5, 5.41) is 7.04. The first-order valence-electron chi connectivity index (χ1n) is 11.5. The van der Waals surface area contributed by atoms with Gasteiger partial charge in [0.2, 0.25) is 11.8 Å². The molecule has 0 bridgehead atoms. The number of benzene rings is 1. The van der Waals surface area contributed by atoms with Gasteiger partial charge in [0.15, 0.2) is 5.13 Å². The van der Waals surface area contributed by atoms with Crippen molar-refractivity contribution in [2.45, 2.75) is 48.6 Å². The van der Waals surface area contributed by atoms with E-state index in [1.165, 1.54) is 6.08 Å². The van der Waals surface area contributed by atoms with E-state index in [1.807, 2.05) is 11.1 Å². The Morgan fingerprint density at radius 2 is 2.09 bits per heavy atom. The minimum atomic E-state index is -0.282. The average molecular weight is 512 g/mol. The van der Waals surface area contributed by atoms with Gasteiger partial charge in [-0.15, -0.1) is 11.8 Å². The molecule has 4 rings (SSSR count). The molecule has 184 valence electrons. The third-order valence-corrected chi connectivity index (χ3v) is 7.69. The second-order valence-electron chi connectivity index (χ2n) is 8.59. The topological polar surface area (TPSA) is 100 Å². The molecule has 1 saturated heterocycles. The van der Waals surface area contributed by atoms with Crippen molar-refractivity contribution in [1.29, 1.82) is 0 Å². The highest BCUT2D eigenvalue weighted by atomic mass is 32.2. The lowest BCUT2D eigenvalue weighted by Gasteiger charge is -2.33. The fourth-order valence-corrected chi connectivity index (χ4v) is 5.51. The van der Waals surface area contributed by atoms with Crippen molar-refractivity contribution in [3.8, 4) is 0 Å². The molecular formula is C25H29N5O3S2. The highest BCUT2D eigenvalue weighted by Crippen LogP contribution is 2.32. The normalized spacial score (nSPS) is 15.7. The summed E-state index contributed by atoms with van der Waals surface area (Å²) in [6, 6.07) is 7.07. The van der Waals surface area contributed by atoms with Gasteiger partial charge in [-0.3, -0.25) is 9.59 Å². The lowest BCUT2D eigenvalue weighted by molar-refractivity contribution is -0.111. The number of oxazole rings is 1. The number of amides is 2. The number of carbonyl (C=O) groups excluding carboxylic acids is 2. The van der Waals surface area contributed by atoms with Crippen LogP contribution in [-0.2, 0) is 10.5 Å². The van der Waals surface area contributed by atoms with Crippen LogP contribution in [0.2, 0.25) is 0 Å². The monoisotopic (exact) mass is 511 g/mol. The molecular weight excluding hydrogens is 482 g/mol. The summed E-state index contributed by atoms with van der Waals surface area (Å²) in [4.78, 5) is 35.2. The molecule has 8 nitrogen and oxygen atoms in total. The molecule has 1 fully saturated rings. The summed E-state index contributed by atoms with van der Waals surface area (Å²) in [7, 11) is 0. The lowest BCUT2D eigenvalue weighted by Crippen LogP contribution is -2.45. The van der Waals surface area contributed by atoms with Crippen LogP contribution in [0.1, 0.15) is 54.6 Å². The summed E-state index contributed by atoms with van der Waals surface area (Å²) in [6.45, 7) is 8.94. The Kier molecular flexibility index (Phi) is 8.25. The fraction of sp³-hybridized carbons (Fsp3) is 0.360. The Balaban J connectivity index is 1.29. The molecule has 3 heterocycles. The first-order valence-corrected chi connectivity index (χ1v) is 13.3. The first-order chi connectivity index (χ1) is 16.9. The lowest BCUT2D eigenvalue weighted by atomic mass is 10.0. The standard InChI is InChI=1S/C25H29N5O3S2/c1-4-21(31)28-18-9-7-17(8-10-18)24(32)30-11-5-6-19(14-30)29-25-27-13-23(35-25)34-15-22-26-12-20(33-22)16(2)3/h4,7-10,12-13,16,19H,1,5-6,11,14-15H2,2-3H3,(H,27,29)(H,28,31). The zero-order chi connectivity index (χ0) is 24.8. The summed E-state index contributed by atoms with van der Waals surface area (Å²) in [6.07, 6.45) is 6.77. The molecule has 35 heavy (non-hydrogen) atoms. The minimum absolute atomic E-state index is 0.0137. The number of aromatic nitrogens is 2. The molecule has 1 atom stereocenters. The summed E-state index contributed by atoms with van der Waals surface area (Å²) in [5.74, 6) is 2.32. The second kappa shape index (κ2) is 11.5. The number of anilines is 2. The largest absolute Gasteiger partial charge is 0.445 e. The number of piperidine rings is 1. The van der Waals surface area contributed by atoms with Gasteiger partial charge in [0.25, 0.3) is 5.91 Å². The summed E-state index contributed by atoms with van der Waals surface area (Å²) >= 11 is 3.25. The smallest absolute Gasteiger partial charge is 0.253 e. The average Bonchev–Trinajstić information content (AvgIpc) is 3.52. The SMILES string of the molecule is C=CC(=O)Nc1ccc(C(=O)N2CCCC(Nc3ncc(SCc4ncc(C(C)C)o4)s3)C2)cc1. The number of nitrogens with one attached hydrogen (secondary N) is 2. The Morgan fingerprint density at radius 1 is 1.29 bits per heavy atom. The highest BCUT2D eigenvalue weighted by molar-refractivity contribution is 8.00. The number of likely N-dealkylation sites (tertiary alicyclic amines) is 1. The van der Waals surface area contributed by atoms with Crippen molar-refractivity contribution < 1.29 is 14.0 Å². The van der Waals surface area contributed by atoms with E-state index >= 15 is 0 Å². The van der Waals surface area contributed by atoms with Gasteiger partial charge in [0, 0.05) is 36.3 Å². The van der Waals surface area contributed by atoms with Crippen molar-refractivity contribution in [3.05, 3.63) is 66.5 Å². The van der Waals surface area contributed by atoms with Crippen molar-refractivity contribution in [2.75, 3.05) is 23.7 Å². The van der Waals surface area contributed by atoms with Crippen LogP contribution < -0.4 is 10.6 Å². The van der Waals surface area contributed by atoms with Gasteiger partial charge in [0.1, 0.15) is 5.76 Å². The van der Waals surface area contributed by atoms with Gasteiger partial charge in [-0.05, 0) is 43.2 Å². The molecule has 1 aliphatic heterocycles. The predicted octanol–water partition coefficient (Wildman–Crippen LogP) is 5.39. The van der Waals surface area contributed by atoms with Crippen LogP contribution in [0.5, 0.6) is 0 Å². The molecule has 0 radical (unpaired) electrons. The molecule has 1 unspecified atom stereocenters. The molecule has 2 N–H and O–H groups in total. The van der Waals surface area contributed by atoms with Crippen LogP contribution in [0.25, 0.3) is 0 Å². The van der Waals surface area contributed by atoms with E-state index in [2.05, 4.69) is 41.0 Å². The van der Waals surface area contributed by atoms with Crippen LogP contribution in [0, 0.1) is 0 Å². The maximum atomic E-state index is 13.0. The molecule has 2 amide bonds. The van der Waals surface area contributed by atoms with Crippen LogP contribution in [-0.4, -0.2) is 45.8 Å². The third kappa shape index (κ3) is 6.73. The van der Waals surface area contributed by atoms with E-state index in [0.717, 1.165) is 40.4 Å². The number of rotatable bonds is 9. The van der Waals surface area contributed by atoms with E-state index in [-0.39, 0.29) is 17.9 Å². The molecule has 10 heteroatoms. The molecule has 2 aromatic heterocycles. The van der Waals surface area contributed by atoms with Gasteiger partial charge in [-0.25, -0.2) is 9.97 Å². The van der Waals surface area contributed by atoms with Gasteiger partial charge in [-0.1, -0.05) is 31.8 Å². The van der Waals surface area contributed by atoms with Crippen LogP contribution in [0.4, 0.5) is 10.8 Å². The highest BCUT2D eigenvalue weighted by Gasteiger charge is 2.25. The van der Waals surface area contributed by atoms with E-state index in [4.69, 9.17) is 4.42 Å². The Labute approximate surface area is 213 Å². The number of thioether (sulfide) groups is 1. The first kappa shape index (κ1) is 25.0. The number of nitrogens with zero attached hydrogens (tertiary/aromatic N) is 3. The van der Waals surface area contributed by atoms with Crippen LogP contribution >= 0.6 is 23.1 Å². The molecule has 0 spiro atoms. The van der Waals surface area contributed by atoms with E-state index < -0.39 is 0 Å². The van der Waals surface area contributed by atoms with Gasteiger partial charge < -0.3 is 20.0 Å². The number of hydrogen-bond acceptors (Lipinski definition) is 8. The van der Waals surface area contributed by atoms with Gasteiger partial charge in [-0.2, -0.15) is 0 Å². The van der Waals surface area contributed by atoms with Gasteiger partial charge in [0.05, 0.1) is 22.4 Å². The maximum Gasteiger partial charge on any atom is 0.253 e. The van der Waals surface area contributed by atoms with Crippen molar-refractivity contribution in [2.24, 2.45) is 0 Å². The van der Waals surface area contributed by atoms with Crippen LogP contribution in [0.3, 0.4) is 0 Å². The maximum absolute atomic E-state index is 13.0. The second-order valence-corrected chi connectivity index (χ2v) is 10.9. The molecule has 3 aromatic rings. The summed E-state index contributed by atoms with van der Waals surface area (Å²) in [5.41, 5.74) is 1.23. The van der Waals surface area contributed by atoms with Crippen molar-refractivity contribution >= 4 is 45.7 Å². The van der Waals surface area contributed by atoms with Crippen LogP contribution in [0.15, 0.2) is 57.9 Å².